The molecule has 1 N–H and O–H groups in total. The minimum atomic E-state index is -1.22. The number of carboxylic acids is 1. The molecular weight excluding hydrogens is 785 g/mol. The second-order valence-electron chi connectivity index (χ2n) is 15.5. The molecule has 0 aliphatic heterocycles. The van der Waals surface area contributed by atoms with Crippen LogP contribution in [0.15, 0.2) is 169 Å². The lowest BCUT2D eigenvalue weighted by atomic mass is 9.73. The molecule has 4 nitrogen and oxygen atoms in total. The number of nitriles is 1. The molecule has 294 valence electrons. The quantitative estimate of drug-likeness (QED) is 0.110. The summed E-state index contributed by atoms with van der Waals surface area (Å²) in [7, 11) is 0. The number of nitrogens with zero attached hydrogens (tertiary/aromatic N) is 2. The minimum Gasteiger partial charge on any atom is -0.477 e. The van der Waals surface area contributed by atoms with Crippen molar-refractivity contribution in [3.63, 3.8) is 0 Å². The minimum absolute atomic E-state index is 0.152. The highest BCUT2D eigenvalue weighted by atomic mass is 32.1. The van der Waals surface area contributed by atoms with E-state index in [1.54, 1.807) is 17.4 Å². The van der Waals surface area contributed by atoms with Gasteiger partial charge >= 0.3 is 5.97 Å². The maximum atomic E-state index is 11.4. The average molecular weight is 825 g/mol. The molecule has 2 aliphatic rings. The molecule has 6 heteroatoms. The Morgan fingerprint density at radius 1 is 0.607 bits per heavy atom. The normalized spacial score (nSPS) is 13.2. The molecule has 2 aliphatic carbocycles. The van der Waals surface area contributed by atoms with Gasteiger partial charge in [0, 0.05) is 42.0 Å². The molecule has 0 spiro atoms. The van der Waals surface area contributed by atoms with E-state index in [-0.39, 0.29) is 11.0 Å². The van der Waals surface area contributed by atoms with Crippen LogP contribution in [-0.2, 0) is 10.2 Å². The van der Waals surface area contributed by atoms with E-state index in [1.165, 1.54) is 77.9 Å². The van der Waals surface area contributed by atoms with Crippen molar-refractivity contribution in [1.82, 2.24) is 0 Å². The Labute approximate surface area is 364 Å². The first-order valence-electron chi connectivity index (χ1n) is 20.6. The van der Waals surface area contributed by atoms with Crippen LogP contribution < -0.4 is 4.90 Å². The zero-order valence-corrected chi connectivity index (χ0v) is 35.4. The maximum Gasteiger partial charge on any atom is 0.346 e. The zero-order chi connectivity index (χ0) is 41.7. The van der Waals surface area contributed by atoms with E-state index >= 15 is 0 Å². The lowest BCUT2D eigenvalue weighted by Crippen LogP contribution is -2.23. The number of para-hydroxylation sites is 1. The van der Waals surface area contributed by atoms with Crippen molar-refractivity contribution >= 4 is 63.4 Å². The van der Waals surface area contributed by atoms with Gasteiger partial charge in [-0.15, -0.1) is 22.7 Å². The van der Waals surface area contributed by atoms with Crippen LogP contribution in [-0.4, -0.2) is 11.1 Å². The van der Waals surface area contributed by atoms with Gasteiger partial charge in [0.15, 0.2) is 0 Å². The molecule has 2 aromatic heterocycles. The Bertz CT molecular complexity index is 3050. The molecule has 8 aromatic rings. The van der Waals surface area contributed by atoms with E-state index in [0.717, 1.165) is 50.1 Å². The first-order chi connectivity index (χ1) is 29.9. The zero-order valence-electron chi connectivity index (χ0n) is 33.7. The molecule has 0 radical (unpaired) electrons. The van der Waals surface area contributed by atoms with Gasteiger partial charge in [-0.3, -0.25) is 0 Å². The predicted octanol–water partition coefficient (Wildman–Crippen LogP) is 15.3. The van der Waals surface area contributed by atoms with Gasteiger partial charge in [0.2, 0.25) is 0 Å². The predicted molar refractivity (Wildman–Crippen MR) is 255 cm³/mol. The Morgan fingerprint density at radius 3 is 1.82 bits per heavy atom. The topological polar surface area (TPSA) is 64.3 Å². The lowest BCUT2D eigenvalue weighted by Gasteiger charge is -2.32. The summed E-state index contributed by atoms with van der Waals surface area (Å²) in [5.41, 5.74) is 17.0. The van der Waals surface area contributed by atoms with E-state index in [4.69, 9.17) is 0 Å². The number of carboxylic acid groups (broad SMARTS) is 1. The number of hydrogen-bond acceptors (Lipinski definition) is 5. The molecule has 10 rings (SSSR count). The molecule has 0 unspecified atom stereocenters. The van der Waals surface area contributed by atoms with Gasteiger partial charge in [-0.1, -0.05) is 111 Å². The van der Waals surface area contributed by atoms with Gasteiger partial charge in [0.05, 0.1) is 0 Å². The Morgan fingerprint density at radius 2 is 1.16 bits per heavy atom. The van der Waals surface area contributed by atoms with Gasteiger partial charge in [-0.25, -0.2) is 4.79 Å². The summed E-state index contributed by atoms with van der Waals surface area (Å²) < 4.78 is 0. The number of thiophene rings is 2. The fraction of sp³-hybridized carbons (Fsp3) is 0.0909. The fourth-order valence-corrected chi connectivity index (χ4v) is 11.4. The van der Waals surface area contributed by atoms with Gasteiger partial charge in [-0.2, -0.15) is 5.26 Å². The molecule has 0 fully saturated rings. The number of hydrogen-bond donors (Lipinski definition) is 1. The van der Waals surface area contributed by atoms with Gasteiger partial charge in [-0.05, 0) is 153 Å². The van der Waals surface area contributed by atoms with E-state index < -0.39 is 5.97 Å². The van der Waals surface area contributed by atoms with Crippen LogP contribution in [0.2, 0.25) is 0 Å². The fourth-order valence-electron chi connectivity index (χ4n) is 9.38. The van der Waals surface area contributed by atoms with Crippen molar-refractivity contribution in [2.24, 2.45) is 0 Å². The summed E-state index contributed by atoms with van der Waals surface area (Å²) in [6.07, 6.45) is 5.70. The monoisotopic (exact) mass is 824 g/mol. The van der Waals surface area contributed by atoms with Crippen molar-refractivity contribution in [1.29, 1.82) is 5.26 Å². The first-order valence-corrected chi connectivity index (χ1v) is 22.2. The van der Waals surface area contributed by atoms with Crippen molar-refractivity contribution in [3.8, 4) is 48.5 Å². The summed E-state index contributed by atoms with van der Waals surface area (Å²) in [5, 5.41) is 18.5. The van der Waals surface area contributed by atoms with E-state index in [2.05, 4.69) is 176 Å². The van der Waals surface area contributed by atoms with Crippen LogP contribution in [0.5, 0.6) is 0 Å². The highest BCUT2D eigenvalue weighted by Crippen LogP contribution is 2.55. The Kier molecular flexibility index (Phi) is 9.72. The summed E-state index contributed by atoms with van der Waals surface area (Å²) >= 11 is 3.22. The number of fused-ring (bicyclic) bond motifs is 6. The SMILES string of the molecule is CCC1(CC)c2cc(-c3ccc(-c4ccc(/C=C(\C#N)C(=O)O)s4)s3)ccc2-c2ccc(N(c3ccccc3)c3ccc(C=C4c5ccccc5-c5ccccc54)cc3)cc21. The summed E-state index contributed by atoms with van der Waals surface area (Å²) in [5.74, 6) is -1.22. The molecule has 0 saturated heterocycles. The smallest absolute Gasteiger partial charge is 0.346 e. The molecule has 6 aromatic carbocycles. The molecule has 0 saturated carbocycles. The number of benzene rings is 6. The van der Waals surface area contributed by atoms with E-state index in [9.17, 15) is 15.2 Å². The number of anilines is 3. The van der Waals surface area contributed by atoms with Crippen LogP contribution in [0.25, 0.3) is 60.2 Å². The van der Waals surface area contributed by atoms with Crippen molar-refractivity contribution in [3.05, 3.63) is 202 Å². The second-order valence-corrected chi connectivity index (χ2v) is 17.7. The third-order valence-corrected chi connectivity index (χ3v) is 14.8. The van der Waals surface area contributed by atoms with Crippen molar-refractivity contribution < 1.29 is 9.90 Å². The summed E-state index contributed by atoms with van der Waals surface area (Å²) in [4.78, 5) is 17.9. The summed E-state index contributed by atoms with van der Waals surface area (Å²) in [6, 6.07) is 61.0. The first kappa shape index (κ1) is 38.2. The third kappa shape index (κ3) is 6.55. The lowest BCUT2D eigenvalue weighted by molar-refractivity contribution is -0.132. The van der Waals surface area contributed by atoms with Crippen molar-refractivity contribution in [2.45, 2.75) is 32.1 Å². The second kappa shape index (κ2) is 15.5. The van der Waals surface area contributed by atoms with Gasteiger partial charge in [0.25, 0.3) is 0 Å². The van der Waals surface area contributed by atoms with Gasteiger partial charge < -0.3 is 10.0 Å². The van der Waals surface area contributed by atoms with Crippen LogP contribution in [0.4, 0.5) is 17.1 Å². The molecular formula is C55H40N2O2S2. The third-order valence-electron chi connectivity index (χ3n) is 12.4. The number of carbonyl (C=O) groups is 1. The largest absolute Gasteiger partial charge is 0.477 e. The average Bonchev–Trinajstić information content (AvgIpc) is 4.10. The van der Waals surface area contributed by atoms with E-state index in [0.29, 0.717) is 0 Å². The standard InChI is InChI=1S/C55H40N2O2S2/c1-3-55(4-2)49-32-36(51-28-29-53(61-51)52-27-24-41(60-52)31-37(34-56)54(58)59)20-25-46(49)47-26-23-40(33-50(47)55)57(38-12-6-5-7-13-38)39-21-18-35(19-22-39)30-48-44-16-10-8-14-42(44)43-15-9-11-17-45(43)48/h5-33H,3-4H2,1-2H3,(H,58,59)/b37-31+. The highest BCUT2D eigenvalue weighted by molar-refractivity contribution is 7.24. The molecule has 0 atom stereocenters. The van der Waals surface area contributed by atoms with Crippen LogP contribution in [0.3, 0.4) is 0 Å². The highest BCUT2D eigenvalue weighted by Gasteiger charge is 2.41. The molecule has 61 heavy (non-hydrogen) atoms. The van der Waals surface area contributed by atoms with Crippen molar-refractivity contribution in [2.75, 3.05) is 4.90 Å². The summed E-state index contributed by atoms with van der Waals surface area (Å²) in [6.45, 7) is 4.64. The maximum absolute atomic E-state index is 11.4. The molecule has 0 amide bonds. The number of rotatable bonds is 10. The number of aliphatic carboxylic acids is 1. The van der Waals surface area contributed by atoms with Crippen LogP contribution in [0.1, 0.15) is 59.4 Å². The Hall–Kier alpha value is -7.04. The van der Waals surface area contributed by atoms with Crippen LogP contribution >= 0.6 is 22.7 Å². The van der Waals surface area contributed by atoms with E-state index in [1.807, 2.05) is 12.1 Å². The molecule has 0 bridgehead atoms. The molecule has 2 heterocycles. The van der Waals surface area contributed by atoms with Gasteiger partial charge in [0.1, 0.15) is 11.6 Å². The Balaban J connectivity index is 0.990. The van der Waals surface area contributed by atoms with Crippen LogP contribution in [0, 0.1) is 11.3 Å².